The molecular formula is C10H8F2O4S. The minimum absolute atomic E-state index is 0.0274. The number of alkyl halides is 2. The maximum Gasteiger partial charge on any atom is 0.509 e. The maximum absolute atomic E-state index is 13.7. The second-order valence-electron chi connectivity index (χ2n) is 3.31. The van der Waals surface area contributed by atoms with Crippen LogP contribution in [0.5, 0.6) is 0 Å². The third-order valence-electron chi connectivity index (χ3n) is 2.17. The number of ether oxygens (including phenoxy) is 2. The van der Waals surface area contributed by atoms with Gasteiger partial charge in [-0.25, -0.2) is 9.00 Å². The van der Waals surface area contributed by atoms with Gasteiger partial charge in [0.2, 0.25) is 6.10 Å². The van der Waals surface area contributed by atoms with Gasteiger partial charge in [0.25, 0.3) is 0 Å². The van der Waals surface area contributed by atoms with Gasteiger partial charge >= 0.3 is 11.4 Å². The highest BCUT2D eigenvalue weighted by molar-refractivity contribution is 7.86. The van der Waals surface area contributed by atoms with E-state index in [1.807, 2.05) is 0 Å². The van der Waals surface area contributed by atoms with Gasteiger partial charge in [-0.2, -0.15) is 8.78 Å². The average molecular weight is 262 g/mol. The van der Waals surface area contributed by atoms with Crippen LogP contribution in [-0.4, -0.2) is 28.3 Å². The highest BCUT2D eigenvalue weighted by atomic mass is 32.2. The zero-order valence-electron chi connectivity index (χ0n) is 8.47. The predicted octanol–water partition coefficient (Wildman–Crippen LogP) is 1.92. The van der Waals surface area contributed by atoms with Crippen LogP contribution in [0.3, 0.4) is 0 Å². The van der Waals surface area contributed by atoms with Crippen molar-refractivity contribution in [3.8, 4) is 0 Å². The van der Waals surface area contributed by atoms with E-state index >= 15 is 0 Å². The molecule has 17 heavy (non-hydrogen) atoms. The van der Waals surface area contributed by atoms with E-state index in [4.69, 9.17) is 0 Å². The molecule has 1 fully saturated rings. The minimum Gasteiger partial charge on any atom is -0.430 e. The van der Waals surface area contributed by atoms with Crippen molar-refractivity contribution < 1.29 is 27.3 Å². The van der Waals surface area contributed by atoms with Crippen molar-refractivity contribution in [1.29, 1.82) is 0 Å². The van der Waals surface area contributed by atoms with Gasteiger partial charge in [0.15, 0.2) is 0 Å². The van der Waals surface area contributed by atoms with Crippen molar-refractivity contribution in [2.24, 2.45) is 0 Å². The molecular weight excluding hydrogens is 254 g/mol. The Balaban J connectivity index is 2.21. The number of carbonyl (C=O) groups is 1. The summed E-state index contributed by atoms with van der Waals surface area (Å²) in [5.41, 5.74) is 0. The fraction of sp³-hybridized carbons (Fsp3) is 0.300. The van der Waals surface area contributed by atoms with Crippen LogP contribution in [-0.2, 0) is 20.3 Å². The fourth-order valence-corrected chi connectivity index (χ4v) is 2.39. The van der Waals surface area contributed by atoms with Crippen LogP contribution >= 0.6 is 0 Å². The topological polar surface area (TPSA) is 52.6 Å². The van der Waals surface area contributed by atoms with Gasteiger partial charge in [-0.15, -0.1) is 0 Å². The normalized spacial score (nSPS) is 21.8. The molecule has 2 rings (SSSR count). The van der Waals surface area contributed by atoms with Gasteiger partial charge in [0, 0.05) is 4.90 Å². The van der Waals surface area contributed by atoms with Crippen LogP contribution in [0.4, 0.5) is 13.6 Å². The minimum atomic E-state index is -3.67. The number of halogens is 2. The second kappa shape index (κ2) is 4.40. The van der Waals surface area contributed by atoms with Crippen molar-refractivity contribution in [2.45, 2.75) is 16.3 Å². The predicted molar refractivity (Wildman–Crippen MR) is 54.0 cm³/mol. The van der Waals surface area contributed by atoms with E-state index in [-0.39, 0.29) is 4.90 Å². The lowest BCUT2D eigenvalue weighted by molar-refractivity contribution is -0.0226. The molecule has 4 nitrogen and oxygen atoms in total. The Labute approximate surface area is 98.0 Å². The van der Waals surface area contributed by atoms with Gasteiger partial charge in [-0.1, -0.05) is 18.2 Å². The quantitative estimate of drug-likeness (QED) is 0.781. The number of rotatable bonds is 3. The Morgan fingerprint density at radius 3 is 2.47 bits per heavy atom. The summed E-state index contributed by atoms with van der Waals surface area (Å²) >= 11 is 0. The summed E-state index contributed by atoms with van der Waals surface area (Å²) in [5, 5.41) is -3.67. The summed E-state index contributed by atoms with van der Waals surface area (Å²) in [5.74, 6) is 0. The van der Waals surface area contributed by atoms with Crippen molar-refractivity contribution in [1.82, 2.24) is 0 Å². The summed E-state index contributed by atoms with van der Waals surface area (Å²) in [6.07, 6.45) is -2.98. The Morgan fingerprint density at radius 1 is 1.29 bits per heavy atom. The molecule has 0 N–H and O–H groups in total. The zero-order valence-corrected chi connectivity index (χ0v) is 9.28. The molecule has 0 aliphatic carbocycles. The Bertz CT molecular complexity index is 449. The van der Waals surface area contributed by atoms with Crippen LogP contribution in [0.15, 0.2) is 35.2 Å². The molecule has 0 amide bonds. The molecule has 2 atom stereocenters. The lowest BCUT2D eigenvalue weighted by Gasteiger charge is -2.19. The van der Waals surface area contributed by atoms with Crippen LogP contribution in [0, 0.1) is 0 Å². The van der Waals surface area contributed by atoms with Crippen molar-refractivity contribution in [3.63, 3.8) is 0 Å². The number of hydrogen-bond acceptors (Lipinski definition) is 4. The van der Waals surface area contributed by atoms with Gasteiger partial charge < -0.3 is 9.47 Å². The van der Waals surface area contributed by atoms with Gasteiger partial charge in [-0.05, 0) is 12.1 Å². The van der Waals surface area contributed by atoms with E-state index in [1.165, 1.54) is 24.3 Å². The van der Waals surface area contributed by atoms with Crippen LogP contribution in [0.1, 0.15) is 0 Å². The van der Waals surface area contributed by atoms with Crippen molar-refractivity contribution in [2.75, 3.05) is 6.61 Å². The van der Waals surface area contributed by atoms with Gasteiger partial charge in [-0.3, -0.25) is 0 Å². The standard InChI is InChI=1S/C10H8F2O4S/c11-10(12,8-6-15-9(13)16-8)17(14)7-4-2-1-3-5-7/h1-5,8H,6H2. The van der Waals surface area contributed by atoms with E-state index in [0.717, 1.165) is 0 Å². The molecule has 1 heterocycles. The molecule has 1 aliphatic rings. The molecule has 0 saturated carbocycles. The van der Waals surface area contributed by atoms with E-state index in [9.17, 15) is 17.8 Å². The van der Waals surface area contributed by atoms with E-state index in [0.29, 0.717) is 0 Å². The molecule has 0 bridgehead atoms. The zero-order chi connectivity index (χ0) is 12.5. The Morgan fingerprint density at radius 2 is 1.94 bits per heavy atom. The third kappa shape index (κ3) is 2.28. The van der Waals surface area contributed by atoms with Crippen LogP contribution in [0.25, 0.3) is 0 Å². The monoisotopic (exact) mass is 262 g/mol. The van der Waals surface area contributed by atoms with Gasteiger partial charge in [0.1, 0.15) is 17.4 Å². The molecule has 92 valence electrons. The number of cyclic esters (lactones) is 2. The molecule has 1 saturated heterocycles. The first-order chi connectivity index (χ1) is 8.01. The second-order valence-corrected chi connectivity index (χ2v) is 4.86. The smallest absolute Gasteiger partial charge is 0.430 e. The lowest BCUT2D eigenvalue weighted by atomic mass is 10.4. The molecule has 2 unspecified atom stereocenters. The Kier molecular flexibility index (Phi) is 3.10. The molecule has 1 aromatic rings. The lowest BCUT2D eigenvalue weighted by Crippen LogP contribution is -2.39. The Hall–Kier alpha value is -1.50. The highest BCUT2D eigenvalue weighted by Gasteiger charge is 2.52. The molecule has 0 radical (unpaired) electrons. The third-order valence-corrected chi connectivity index (χ3v) is 3.63. The number of hydrogen-bond donors (Lipinski definition) is 0. The highest BCUT2D eigenvalue weighted by Crippen LogP contribution is 2.32. The van der Waals surface area contributed by atoms with Gasteiger partial charge in [0.05, 0.1) is 0 Å². The summed E-state index contributed by atoms with van der Waals surface area (Å²) in [4.78, 5) is 10.6. The first-order valence-corrected chi connectivity index (χ1v) is 5.85. The molecule has 0 aromatic heterocycles. The van der Waals surface area contributed by atoms with Crippen molar-refractivity contribution in [3.05, 3.63) is 30.3 Å². The molecule has 0 spiro atoms. The first-order valence-electron chi connectivity index (χ1n) is 4.70. The van der Waals surface area contributed by atoms with E-state index < -0.39 is 34.9 Å². The summed E-state index contributed by atoms with van der Waals surface area (Å²) in [7, 11) is -2.59. The van der Waals surface area contributed by atoms with Crippen LogP contribution in [0.2, 0.25) is 0 Å². The summed E-state index contributed by atoms with van der Waals surface area (Å²) < 4.78 is 47.6. The molecule has 1 aromatic carbocycles. The molecule has 7 heteroatoms. The first kappa shape index (κ1) is 12.0. The fourth-order valence-electron chi connectivity index (χ4n) is 1.31. The maximum atomic E-state index is 13.7. The number of benzene rings is 1. The van der Waals surface area contributed by atoms with Crippen LogP contribution < -0.4 is 0 Å². The summed E-state index contributed by atoms with van der Waals surface area (Å²) in [6, 6.07) is 7.27. The SMILES string of the molecule is O=C1OCC(C(F)(F)S(=O)c2ccccc2)O1. The largest absolute Gasteiger partial charge is 0.509 e. The summed E-state index contributed by atoms with van der Waals surface area (Å²) in [6.45, 7) is -0.593. The average Bonchev–Trinajstić information content (AvgIpc) is 2.77. The van der Waals surface area contributed by atoms with E-state index in [2.05, 4.69) is 9.47 Å². The van der Waals surface area contributed by atoms with E-state index in [1.54, 1.807) is 6.07 Å². The molecule has 1 aliphatic heterocycles. The number of carbonyl (C=O) groups excluding carboxylic acids is 1. The van der Waals surface area contributed by atoms with Crippen molar-refractivity contribution >= 4 is 17.0 Å².